The molecule has 0 radical (unpaired) electrons. The molecule has 1 aromatic heterocycles. The molecular weight excluding hydrogens is 414 g/mol. The molecule has 33 heavy (non-hydrogen) atoms. The second-order valence-electron chi connectivity index (χ2n) is 9.32. The smallest absolute Gasteiger partial charge is 0.231 e. The molecule has 2 aromatic carbocycles. The highest BCUT2D eigenvalue weighted by Gasteiger charge is 2.24. The van der Waals surface area contributed by atoms with Crippen LogP contribution in [0.25, 0.3) is 10.9 Å². The van der Waals surface area contributed by atoms with E-state index in [1.54, 1.807) is 0 Å². The summed E-state index contributed by atoms with van der Waals surface area (Å²) in [5, 5.41) is 4.78. The van der Waals surface area contributed by atoms with Crippen molar-refractivity contribution in [1.29, 1.82) is 0 Å². The molecule has 3 aliphatic heterocycles. The number of ether oxygens (including phenoxy) is 2. The number of likely N-dealkylation sites (tertiary alicyclic amines) is 1. The summed E-state index contributed by atoms with van der Waals surface area (Å²) in [5.41, 5.74) is 2.30. The molecule has 0 saturated carbocycles. The van der Waals surface area contributed by atoms with Crippen LogP contribution in [-0.2, 0) is 6.54 Å². The minimum atomic E-state index is 0.265. The normalized spacial score (nSPS) is 19.2. The Labute approximate surface area is 194 Å². The molecule has 0 amide bonds. The van der Waals surface area contributed by atoms with Crippen molar-refractivity contribution in [3.05, 3.63) is 48.0 Å². The topological polar surface area (TPSA) is 62.8 Å². The Bertz CT molecular complexity index is 1110. The first kappa shape index (κ1) is 20.5. The summed E-state index contributed by atoms with van der Waals surface area (Å²) in [4.78, 5) is 14.8. The molecule has 0 bridgehead atoms. The van der Waals surface area contributed by atoms with Gasteiger partial charge in [0.05, 0.1) is 5.52 Å². The predicted octanol–water partition coefficient (Wildman–Crippen LogP) is 4.43. The fourth-order valence-electron chi connectivity index (χ4n) is 5.12. The SMILES string of the molecule is c1ccc(CN2CCC(Nc3nc(N4CCCCC4)nc4cc5c(cc34)OCO5)CC2)cc1. The molecule has 0 aliphatic carbocycles. The summed E-state index contributed by atoms with van der Waals surface area (Å²) in [7, 11) is 0. The molecule has 2 saturated heterocycles. The lowest BCUT2D eigenvalue weighted by Crippen LogP contribution is -2.39. The molecule has 1 N–H and O–H groups in total. The van der Waals surface area contributed by atoms with Gasteiger partial charge in [-0.3, -0.25) is 4.90 Å². The first-order valence-corrected chi connectivity index (χ1v) is 12.2. The van der Waals surface area contributed by atoms with Crippen molar-refractivity contribution >= 4 is 22.7 Å². The van der Waals surface area contributed by atoms with Crippen LogP contribution in [-0.4, -0.2) is 53.9 Å². The zero-order chi connectivity index (χ0) is 22.0. The number of piperidine rings is 2. The van der Waals surface area contributed by atoms with Crippen LogP contribution >= 0.6 is 0 Å². The second-order valence-corrected chi connectivity index (χ2v) is 9.32. The number of hydrogen-bond acceptors (Lipinski definition) is 7. The fraction of sp³-hybridized carbons (Fsp3) is 0.462. The number of aromatic nitrogens is 2. The lowest BCUT2D eigenvalue weighted by molar-refractivity contribution is 0.174. The molecule has 4 heterocycles. The summed E-state index contributed by atoms with van der Waals surface area (Å²) < 4.78 is 11.3. The van der Waals surface area contributed by atoms with Gasteiger partial charge < -0.3 is 19.7 Å². The lowest BCUT2D eigenvalue weighted by Gasteiger charge is -2.33. The Morgan fingerprint density at radius 1 is 0.879 bits per heavy atom. The minimum Gasteiger partial charge on any atom is -0.454 e. The molecule has 7 nitrogen and oxygen atoms in total. The Balaban J connectivity index is 1.22. The van der Waals surface area contributed by atoms with Gasteiger partial charge in [0.2, 0.25) is 12.7 Å². The molecule has 0 unspecified atom stereocenters. The van der Waals surface area contributed by atoms with E-state index in [4.69, 9.17) is 19.4 Å². The van der Waals surface area contributed by atoms with E-state index in [9.17, 15) is 0 Å². The number of hydrogen-bond donors (Lipinski definition) is 1. The third-order valence-electron chi connectivity index (χ3n) is 6.99. The average molecular weight is 446 g/mol. The molecule has 3 aliphatic rings. The van der Waals surface area contributed by atoms with Gasteiger partial charge >= 0.3 is 0 Å². The summed E-state index contributed by atoms with van der Waals surface area (Å²) in [6.45, 7) is 5.50. The van der Waals surface area contributed by atoms with Crippen LogP contribution in [0.4, 0.5) is 11.8 Å². The summed E-state index contributed by atoms with van der Waals surface area (Å²) in [5.74, 6) is 3.29. The number of anilines is 2. The average Bonchev–Trinajstić information content (AvgIpc) is 3.32. The van der Waals surface area contributed by atoms with Crippen LogP contribution in [0, 0.1) is 0 Å². The number of benzene rings is 2. The maximum Gasteiger partial charge on any atom is 0.231 e. The quantitative estimate of drug-likeness (QED) is 0.623. The highest BCUT2D eigenvalue weighted by molar-refractivity contribution is 5.93. The van der Waals surface area contributed by atoms with E-state index in [1.807, 2.05) is 12.1 Å². The van der Waals surface area contributed by atoms with Gasteiger partial charge in [-0.15, -0.1) is 0 Å². The molecule has 0 spiro atoms. The first-order chi connectivity index (χ1) is 16.3. The number of fused-ring (bicyclic) bond motifs is 2. The number of nitrogens with one attached hydrogen (secondary N) is 1. The van der Waals surface area contributed by atoms with E-state index in [0.717, 1.165) is 79.7 Å². The lowest BCUT2D eigenvalue weighted by atomic mass is 10.0. The van der Waals surface area contributed by atoms with E-state index < -0.39 is 0 Å². The van der Waals surface area contributed by atoms with Crippen LogP contribution < -0.4 is 19.7 Å². The highest BCUT2D eigenvalue weighted by atomic mass is 16.7. The van der Waals surface area contributed by atoms with E-state index in [2.05, 4.69) is 45.4 Å². The predicted molar refractivity (Wildman–Crippen MR) is 130 cm³/mol. The Morgan fingerprint density at radius 3 is 2.42 bits per heavy atom. The van der Waals surface area contributed by atoms with E-state index in [-0.39, 0.29) is 6.79 Å². The van der Waals surface area contributed by atoms with Crippen LogP contribution in [0.3, 0.4) is 0 Å². The fourth-order valence-corrected chi connectivity index (χ4v) is 5.12. The van der Waals surface area contributed by atoms with Crippen molar-refractivity contribution < 1.29 is 9.47 Å². The monoisotopic (exact) mass is 445 g/mol. The Kier molecular flexibility index (Phi) is 5.64. The molecule has 0 atom stereocenters. The van der Waals surface area contributed by atoms with Crippen LogP contribution in [0.2, 0.25) is 0 Å². The first-order valence-electron chi connectivity index (χ1n) is 12.2. The van der Waals surface area contributed by atoms with Gasteiger partial charge in [-0.25, -0.2) is 4.98 Å². The highest BCUT2D eigenvalue weighted by Crippen LogP contribution is 2.38. The van der Waals surface area contributed by atoms with Crippen LogP contribution in [0.5, 0.6) is 11.5 Å². The van der Waals surface area contributed by atoms with Crippen molar-refractivity contribution in [3.63, 3.8) is 0 Å². The van der Waals surface area contributed by atoms with Gasteiger partial charge in [0, 0.05) is 50.2 Å². The summed E-state index contributed by atoms with van der Waals surface area (Å²) in [6.07, 6.45) is 5.88. The molecule has 6 rings (SSSR count). The zero-order valence-corrected chi connectivity index (χ0v) is 19.0. The van der Waals surface area contributed by atoms with Crippen molar-refractivity contribution in [2.75, 3.05) is 43.2 Å². The van der Waals surface area contributed by atoms with Gasteiger partial charge in [0.25, 0.3) is 0 Å². The number of nitrogens with zero attached hydrogens (tertiary/aromatic N) is 4. The van der Waals surface area contributed by atoms with Gasteiger partial charge in [-0.05, 0) is 43.7 Å². The van der Waals surface area contributed by atoms with Crippen molar-refractivity contribution in [1.82, 2.24) is 14.9 Å². The maximum atomic E-state index is 5.65. The summed E-state index contributed by atoms with van der Waals surface area (Å²) in [6, 6.07) is 15.2. The largest absolute Gasteiger partial charge is 0.454 e. The molecule has 172 valence electrons. The van der Waals surface area contributed by atoms with Crippen molar-refractivity contribution in [2.24, 2.45) is 0 Å². The minimum absolute atomic E-state index is 0.265. The molecular formula is C26H31N5O2. The second kappa shape index (κ2) is 9.06. The van der Waals surface area contributed by atoms with E-state index in [0.29, 0.717) is 6.04 Å². The van der Waals surface area contributed by atoms with Gasteiger partial charge in [0.1, 0.15) is 5.82 Å². The Morgan fingerprint density at radius 2 is 1.64 bits per heavy atom. The third kappa shape index (κ3) is 4.42. The van der Waals surface area contributed by atoms with Gasteiger partial charge in [-0.1, -0.05) is 30.3 Å². The molecule has 7 heteroatoms. The standard InChI is InChI=1S/C26H31N5O2/c1-3-7-19(8-4-1)17-30-13-9-20(10-14-30)27-25-21-15-23-24(33-18-32-23)16-22(21)28-26(29-25)31-11-5-2-6-12-31/h1,3-4,7-8,15-16,20H,2,5-6,9-14,17-18H2,(H,27,28,29). The Hall–Kier alpha value is -3.06. The van der Waals surface area contributed by atoms with Gasteiger partial charge in [-0.2, -0.15) is 4.98 Å². The van der Waals surface area contributed by atoms with E-state index >= 15 is 0 Å². The van der Waals surface area contributed by atoms with Crippen molar-refractivity contribution in [2.45, 2.75) is 44.7 Å². The molecule has 2 fully saturated rings. The van der Waals surface area contributed by atoms with Crippen LogP contribution in [0.1, 0.15) is 37.7 Å². The van der Waals surface area contributed by atoms with Crippen LogP contribution in [0.15, 0.2) is 42.5 Å². The number of rotatable bonds is 5. The van der Waals surface area contributed by atoms with Gasteiger partial charge in [0.15, 0.2) is 11.5 Å². The maximum absolute atomic E-state index is 5.65. The van der Waals surface area contributed by atoms with Crippen molar-refractivity contribution in [3.8, 4) is 11.5 Å². The zero-order valence-electron chi connectivity index (χ0n) is 19.0. The molecule has 3 aromatic rings. The summed E-state index contributed by atoms with van der Waals surface area (Å²) >= 11 is 0. The van der Waals surface area contributed by atoms with E-state index in [1.165, 1.54) is 24.8 Å². The third-order valence-corrected chi connectivity index (χ3v) is 6.99.